The second-order valence-corrected chi connectivity index (χ2v) is 5.85. The Labute approximate surface area is 127 Å². The van der Waals surface area contributed by atoms with Gasteiger partial charge in [0.05, 0.1) is 6.54 Å². The number of anilines is 1. The summed E-state index contributed by atoms with van der Waals surface area (Å²) in [6.45, 7) is 5.32. The molecule has 0 saturated carbocycles. The molecule has 0 unspecified atom stereocenters. The maximum atomic E-state index is 12.7. The van der Waals surface area contributed by atoms with Crippen LogP contribution in [0.1, 0.15) is 32.6 Å². The van der Waals surface area contributed by atoms with Crippen LogP contribution >= 0.6 is 0 Å². The summed E-state index contributed by atoms with van der Waals surface area (Å²) in [7, 11) is 0. The van der Waals surface area contributed by atoms with Crippen molar-refractivity contribution in [2.75, 3.05) is 31.1 Å². The van der Waals surface area contributed by atoms with Gasteiger partial charge in [0, 0.05) is 31.4 Å². The number of carbonyl (C=O) groups excluding carboxylic acids is 1. The molecular weight excluding hydrogens is 262 g/mol. The van der Waals surface area contributed by atoms with Gasteiger partial charge in [-0.25, -0.2) is 0 Å². The Kier molecular flexibility index (Phi) is 6.21. The quantitative estimate of drug-likeness (QED) is 0.874. The summed E-state index contributed by atoms with van der Waals surface area (Å²) in [6.07, 6.45) is 4.11. The third-order valence-corrected chi connectivity index (χ3v) is 4.10. The molecule has 2 rings (SSSR count). The number of nitrogens with two attached hydrogens (primary N) is 1. The van der Waals surface area contributed by atoms with Gasteiger partial charge in [0.25, 0.3) is 0 Å². The number of nitrogens with zero attached hydrogens (tertiary/aromatic N) is 2. The van der Waals surface area contributed by atoms with Gasteiger partial charge < -0.3 is 10.6 Å². The van der Waals surface area contributed by atoms with E-state index >= 15 is 0 Å². The minimum atomic E-state index is 0.199. The minimum Gasteiger partial charge on any atom is -0.328 e. The third-order valence-electron chi connectivity index (χ3n) is 4.10. The number of piperidine rings is 1. The van der Waals surface area contributed by atoms with E-state index in [1.54, 1.807) is 0 Å². The molecule has 1 heterocycles. The molecule has 1 saturated heterocycles. The van der Waals surface area contributed by atoms with Crippen LogP contribution in [0, 0.1) is 0 Å². The van der Waals surface area contributed by atoms with Crippen LogP contribution in [0.25, 0.3) is 0 Å². The van der Waals surface area contributed by atoms with Gasteiger partial charge in [0.2, 0.25) is 5.91 Å². The SMILES string of the molecule is CCCCN(C(=O)CN1CCC(N)CC1)c1ccccc1. The molecule has 1 aromatic carbocycles. The first-order valence-electron chi connectivity index (χ1n) is 8.04. The van der Waals surface area contributed by atoms with Crippen LogP contribution in [0.5, 0.6) is 0 Å². The van der Waals surface area contributed by atoms with E-state index in [1.165, 1.54) is 0 Å². The molecular formula is C17H27N3O. The predicted molar refractivity (Wildman–Crippen MR) is 87.4 cm³/mol. The van der Waals surface area contributed by atoms with Gasteiger partial charge >= 0.3 is 0 Å². The van der Waals surface area contributed by atoms with E-state index in [1.807, 2.05) is 35.2 Å². The highest BCUT2D eigenvalue weighted by molar-refractivity contribution is 5.94. The zero-order valence-corrected chi connectivity index (χ0v) is 13.0. The Hall–Kier alpha value is -1.39. The molecule has 0 aromatic heterocycles. The zero-order chi connectivity index (χ0) is 15.1. The lowest BCUT2D eigenvalue weighted by atomic mass is 10.1. The minimum absolute atomic E-state index is 0.199. The zero-order valence-electron chi connectivity index (χ0n) is 13.0. The summed E-state index contributed by atoms with van der Waals surface area (Å²) >= 11 is 0. The summed E-state index contributed by atoms with van der Waals surface area (Å²) in [5.41, 5.74) is 6.93. The number of amides is 1. The molecule has 1 amide bonds. The van der Waals surface area contributed by atoms with Crippen molar-refractivity contribution in [1.29, 1.82) is 0 Å². The molecule has 1 fully saturated rings. The molecule has 0 atom stereocenters. The maximum absolute atomic E-state index is 12.7. The molecule has 1 aliphatic heterocycles. The van der Waals surface area contributed by atoms with Crippen molar-refractivity contribution in [1.82, 2.24) is 4.90 Å². The summed E-state index contributed by atoms with van der Waals surface area (Å²) in [5.74, 6) is 0.199. The molecule has 1 aromatic rings. The molecule has 116 valence electrons. The van der Waals surface area contributed by atoms with Gasteiger partial charge in [-0.3, -0.25) is 9.69 Å². The third kappa shape index (κ3) is 4.83. The lowest BCUT2D eigenvalue weighted by Gasteiger charge is -2.32. The first-order valence-corrected chi connectivity index (χ1v) is 8.04. The van der Waals surface area contributed by atoms with Crippen molar-refractivity contribution < 1.29 is 4.79 Å². The first kappa shape index (κ1) is 16.0. The smallest absolute Gasteiger partial charge is 0.241 e. The lowest BCUT2D eigenvalue weighted by Crippen LogP contribution is -2.46. The van der Waals surface area contributed by atoms with Gasteiger partial charge in [0.1, 0.15) is 0 Å². The molecule has 0 bridgehead atoms. The lowest BCUT2D eigenvalue weighted by molar-refractivity contribution is -0.120. The molecule has 0 radical (unpaired) electrons. The van der Waals surface area contributed by atoms with Gasteiger partial charge in [-0.1, -0.05) is 31.5 Å². The fraction of sp³-hybridized carbons (Fsp3) is 0.588. The van der Waals surface area contributed by atoms with Crippen molar-refractivity contribution in [3.05, 3.63) is 30.3 Å². The highest BCUT2D eigenvalue weighted by Gasteiger charge is 2.21. The van der Waals surface area contributed by atoms with E-state index in [9.17, 15) is 4.79 Å². The Morgan fingerprint density at radius 2 is 1.95 bits per heavy atom. The molecule has 21 heavy (non-hydrogen) atoms. The molecule has 0 spiro atoms. The average Bonchev–Trinajstić information content (AvgIpc) is 2.51. The molecule has 4 nitrogen and oxygen atoms in total. The van der Waals surface area contributed by atoms with Crippen LogP contribution in [-0.2, 0) is 4.79 Å². The van der Waals surface area contributed by atoms with Crippen molar-refractivity contribution in [2.24, 2.45) is 5.73 Å². The van der Waals surface area contributed by atoms with Crippen molar-refractivity contribution in [3.63, 3.8) is 0 Å². The van der Waals surface area contributed by atoms with E-state index in [0.29, 0.717) is 12.6 Å². The van der Waals surface area contributed by atoms with E-state index < -0.39 is 0 Å². The molecule has 1 aliphatic rings. The van der Waals surface area contributed by atoms with Crippen molar-refractivity contribution in [2.45, 2.75) is 38.6 Å². The highest BCUT2D eigenvalue weighted by Crippen LogP contribution is 2.16. The van der Waals surface area contributed by atoms with E-state index in [0.717, 1.165) is 51.0 Å². The molecule has 4 heteroatoms. The number of rotatable bonds is 6. The average molecular weight is 289 g/mol. The van der Waals surface area contributed by atoms with Gasteiger partial charge in [-0.2, -0.15) is 0 Å². The largest absolute Gasteiger partial charge is 0.328 e. The van der Waals surface area contributed by atoms with Crippen molar-refractivity contribution >= 4 is 11.6 Å². The number of hydrogen-bond donors (Lipinski definition) is 1. The Balaban J connectivity index is 1.97. The van der Waals surface area contributed by atoms with Gasteiger partial charge in [-0.15, -0.1) is 0 Å². The Morgan fingerprint density at radius 1 is 1.29 bits per heavy atom. The van der Waals surface area contributed by atoms with Crippen LogP contribution in [0.4, 0.5) is 5.69 Å². The second kappa shape index (κ2) is 8.15. The molecule has 2 N–H and O–H groups in total. The van der Waals surface area contributed by atoms with Crippen LogP contribution in [0.15, 0.2) is 30.3 Å². The standard InChI is InChI=1S/C17H27N3O/c1-2-3-11-20(16-7-5-4-6-8-16)17(21)14-19-12-9-15(18)10-13-19/h4-8,15H,2-3,9-14,18H2,1H3. The maximum Gasteiger partial charge on any atom is 0.241 e. The van der Waals surface area contributed by atoms with E-state index in [2.05, 4.69) is 11.8 Å². The van der Waals surface area contributed by atoms with Crippen LogP contribution in [0.3, 0.4) is 0 Å². The number of para-hydroxylation sites is 1. The number of carbonyl (C=O) groups is 1. The second-order valence-electron chi connectivity index (χ2n) is 5.85. The number of hydrogen-bond acceptors (Lipinski definition) is 3. The number of benzene rings is 1. The summed E-state index contributed by atoms with van der Waals surface area (Å²) in [6, 6.07) is 10.3. The van der Waals surface area contributed by atoms with Gasteiger partial charge in [-0.05, 0) is 31.4 Å². The first-order chi connectivity index (χ1) is 10.2. The van der Waals surface area contributed by atoms with Crippen LogP contribution in [-0.4, -0.2) is 43.0 Å². The van der Waals surface area contributed by atoms with Crippen LogP contribution in [0.2, 0.25) is 0 Å². The van der Waals surface area contributed by atoms with Gasteiger partial charge in [0.15, 0.2) is 0 Å². The van der Waals surface area contributed by atoms with E-state index in [-0.39, 0.29) is 5.91 Å². The Morgan fingerprint density at radius 3 is 2.57 bits per heavy atom. The topological polar surface area (TPSA) is 49.6 Å². The number of unbranched alkanes of at least 4 members (excludes halogenated alkanes) is 1. The summed E-state index contributed by atoms with van der Waals surface area (Å²) in [5, 5.41) is 0. The normalized spacial score (nSPS) is 16.9. The monoisotopic (exact) mass is 289 g/mol. The summed E-state index contributed by atoms with van der Waals surface area (Å²) < 4.78 is 0. The summed E-state index contributed by atoms with van der Waals surface area (Å²) in [4.78, 5) is 16.8. The fourth-order valence-corrected chi connectivity index (χ4v) is 2.71. The predicted octanol–water partition coefficient (Wildman–Crippen LogP) is 2.24. The molecule has 0 aliphatic carbocycles. The highest BCUT2D eigenvalue weighted by atomic mass is 16.2. The number of likely N-dealkylation sites (tertiary alicyclic amines) is 1. The van der Waals surface area contributed by atoms with E-state index in [4.69, 9.17) is 5.73 Å². The van der Waals surface area contributed by atoms with Crippen LogP contribution < -0.4 is 10.6 Å². The van der Waals surface area contributed by atoms with Crippen molar-refractivity contribution in [3.8, 4) is 0 Å². The Bertz CT molecular complexity index is 427. The fourth-order valence-electron chi connectivity index (χ4n) is 2.71.